The zero-order chi connectivity index (χ0) is 19.7. The molecule has 2 heterocycles. The van der Waals surface area contributed by atoms with E-state index in [1.54, 1.807) is 11.5 Å². The minimum absolute atomic E-state index is 0.266. The Bertz CT molecular complexity index is 1170. The Morgan fingerprint density at radius 1 is 1.00 bits per heavy atom. The van der Waals surface area contributed by atoms with Crippen LogP contribution in [0.1, 0.15) is 23.9 Å². The van der Waals surface area contributed by atoms with E-state index in [0.29, 0.717) is 23.5 Å². The summed E-state index contributed by atoms with van der Waals surface area (Å²) in [7, 11) is 0. The van der Waals surface area contributed by atoms with Crippen molar-refractivity contribution in [2.75, 3.05) is 5.73 Å². The minimum atomic E-state index is -0.266. The van der Waals surface area contributed by atoms with Gasteiger partial charge in [0.1, 0.15) is 22.8 Å². The average molecular weight is 375 g/mol. The number of rotatable bonds is 5. The second-order valence-electron chi connectivity index (χ2n) is 6.61. The Morgan fingerprint density at radius 2 is 1.61 bits per heavy atom. The van der Waals surface area contributed by atoms with Gasteiger partial charge in [0, 0.05) is 0 Å². The fourth-order valence-corrected chi connectivity index (χ4v) is 3.09. The number of hydrogen-bond acceptors (Lipinski definition) is 5. The van der Waals surface area contributed by atoms with Gasteiger partial charge in [-0.25, -0.2) is 14.8 Å². The highest BCUT2D eigenvalue weighted by atomic mass is 16.5. The SMILES string of the molecule is CCc1ccc(Oc2ccc(Cn3c(=O)[nH]c4c(N)nc(C)nc43)cc2)cc1. The third kappa shape index (κ3) is 3.46. The molecule has 2 aromatic heterocycles. The number of anilines is 1. The zero-order valence-electron chi connectivity index (χ0n) is 15.8. The van der Waals surface area contributed by atoms with Crippen molar-refractivity contribution in [3.8, 4) is 11.5 Å². The van der Waals surface area contributed by atoms with Crippen LogP contribution in [0.3, 0.4) is 0 Å². The molecule has 0 fully saturated rings. The van der Waals surface area contributed by atoms with Crippen molar-refractivity contribution in [1.82, 2.24) is 19.5 Å². The number of nitrogen functional groups attached to an aromatic ring is 1. The van der Waals surface area contributed by atoms with Crippen LogP contribution in [0, 0.1) is 6.92 Å². The van der Waals surface area contributed by atoms with Crippen molar-refractivity contribution in [2.45, 2.75) is 26.8 Å². The lowest BCUT2D eigenvalue weighted by atomic mass is 10.2. The Morgan fingerprint density at radius 3 is 2.21 bits per heavy atom. The number of aryl methyl sites for hydroxylation is 2. The molecule has 0 unspecified atom stereocenters. The van der Waals surface area contributed by atoms with Crippen LogP contribution in [-0.4, -0.2) is 19.5 Å². The fraction of sp³-hybridized carbons (Fsp3) is 0.190. The van der Waals surface area contributed by atoms with E-state index in [1.807, 2.05) is 36.4 Å². The normalized spacial score (nSPS) is 11.1. The van der Waals surface area contributed by atoms with Crippen molar-refractivity contribution in [1.29, 1.82) is 0 Å². The number of fused-ring (bicyclic) bond motifs is 1. The van der Waals surface area contributed by atoms with Gasteiger partial charge in [0.15, 0.2) is 11.5 Å². The molecule has 0 saturated carbocycles. The van der Waals surface area contributed by atoms with Crippen LogP contribution in [0.2, 0.25) is 0 Å². The molecule has 7 heteroatoms. The first-order valence-electron chi connectivity index (χ1n) is 9.12. The Hall–Kier alpha value is -3.61. The van der Waals surface area contributed by atoms with Crippen molar-refractivity contribution in [2.24, 2.45) is 0 Å². The van der Waals surface area contributed by atoms with Crippen LogP contribution < -0.4 is 16.2 Å². The van der Waals surface area contributed by atoms with Crippen molar-refractivity contribution < 1.29 is 4.74 Å². The molecule has 0 atom stereocenters. The predicted molar refractivity (Wildman–Crippen MR) is 109 cm³/mol. The van der Waals surface area contributed by atoms with Gasteiger partial charge in [-0.15, -0.1) is 0 Å². The van der Waals surface area contributed by atoms with E-state index in [9.17, 15) is 4.79 Å². The molecule has 0 spiro atoms. The smallest absolute Gasteiger partial charge is 0.328 e. The highest BCUT2D eigenvalue weighted by molar-refractivity contribution is 5.81. The first-order chi connectivity index (χ1) is 13.5. The summed E-state index contributed by atoms with van der Waals surface area (Å²) in [6.07, 6.45) is 0.998. The fourth-order valence-electron chi connectivity index (χ4n) is 3.09. The first-order valence-corrected chi connectivity index (χ1v) is 9.12. The van der Waals surface area contributed by atoms with E-state index in [-0.39, 0.29) is 11.5 Å². The number of imidazole rings is 1. The van der Waals surface area contributed by atoms with Gasteiger partial charge < -0.3 is 15.5 Å². The maximum absolute atomic E-state index is 12.3. The molecule has 0 aliphatic rings. The Balaban J connectivity index is 1.56. The molecule has 4 aromatic rings. The number of ether oxygens (including phenoxy) is 1. The van der Waals surface area contributed by atoms with E-state index >= 15 is 0 Å². The standard InChI is InChI=1S/C21H21N5O2/c1-3-14-4-8-16(9-5-14)28-17-10-6-15(7-11-17)12-26-20-18(25-21(26)27)19(22)23-13(2)24-20/h4-11H,3,12H2,1-2H3,(H,25,27)(H2,22,23,24). The molecule has 28 heavy (non-hydrogen) atoms. The largest absolute Gasteiger partial charge is 0.457 e. The van der Waals surface area contributed by atoms with E-state index in [4.69, 9.17) is 10.5 Å². The molecule has 0 bridgehead atoms. The quantitative estimate of drug-likeness (QED) is 0.557. The van der Waals surface area contributed by atoms with Gasteiger partial charge >= 0.3 is 5.69 Å². The Labute approximate surface area is 161 Å². The van der Waals surface area contributed by atoms with Gasteiger partial charge in [0.25, 0.3) is 0 Å². The van der Waals surface area contributed by atoms with Gasteiger partial charge in [-0.3, -0.25) is 4.57 Å². The zero-order valence-corrected chi connectivity index (χ0v) is 15.8. The summed E-state index contributed by atoms with van der Waals surface area (Å²) < 4.78 is 7.44. The number of aromatic amines is 1. The number of benzene rings is 2. The molecule has 4 rings (SSSR count). The lowest BCUT2D eigenvalue weighted by Gasteiger charge is -2.08. The van der Waals surface area contributed by atoms with Gasteiger partial charge in [0.05, 0.1) is 6.54 Å². The molecule has 0 aliphatic carbocycles. The summed E-state index contributed by atoms with van der Waals surface area (Å²) in [6, 6.07) is 15.7. The monoisotopic (exact) mass is 375 g/mol. The second kappa shape index (κ2) is 7.19. The molecule has 142 valence electrons. The summed E-state index contributed by atoms with van der Waals surface area (Å²) in [5.74, 6) is 2.33. The highest BCUT2D eigenvalue weighted by Gasteiger charge is 2.13. The van der Waals surface area contributed by atoms with E-state index < -0.39 is 0 Å². The van der Waals surface area contributed by atoms with Crippen molar-refractivity contribution in [3.63, 3.8) is 0 Å². The van der Waals surface area contributed by atoms with Gasteiger partial charge in [-0.2, -0.15) is 0 Å². The predicted octanol–water partition coefficient (Wildman–Crippen LogP) is 3.41. The average Bonchev–Trinajstić information content (AvgIpc) is 3.00. The van der Waals surface area contributed by atoms with E-state index in [2.05, 4.69) is 34.0 Å². The number of nitrogens with zero attached hydrogens (tertiary/aromatic N) is 3. The number of nitrogens with one attached hydrogen (secondary N) is 1. The molecule has 0 radical (unpaired) electrons. The van der Waals surface area contributed by atoms with Gasteiger partial charge in [-0.05, 0) is 48.7 Å². The van der Waals surface area contributed by atoms with Crippen LogP contribution in [0.25, 0.3) is 11.2 Å². The van der Waals surface area contributed by atoms with Crippen LogP contribution in [0.4, 0.5) is 5.82 Å². The van der Waals surface area contributed by atoms with Gasteiger partial charge in [0.2, 0.25) is 0 Å². The summed E-state index contributed by atoms with van der Waals surface area (Å²) in [5, 5.41) is 0. The van der Waals surface area contributed by atoms with E-state index in [1.165, 1.54) is 5.56 Å². The lowest BCUT2D eigenvalue weighted by molar-refractivity contribution is 0.482. The molecule has 2 aromatic carbocycles. The molecule has 0 aliphatic heterocycles. The van der Waals surface area contributed by atoms with Gasteiger partial charge in [-0.1, -0.05) is 31.2 Å². The first kappa shape index (κ1) is 17.8. The van der Waals surface area contributed by atoms with Crippen LogP contribution in [0.5, 0.6) is 11.5 Å². The molecular formula is C21H21N5O2. The number of nitrogens with two attached hydrogens (primary N) is 1. The number of hydrogen-bond donors (Lipinski definition) is 2. The van der Waals surface area contributed by atoms with Crippen molar-refractivity contribution >= 4 is 17.0 Å². The van der Waals surface area contributed by atoms with Crippen LogP contribution >= 0.6 is 0 Å². The third-order valence-electron chi connectivity index (χ3n) is 4.59. The summed E-state index contributed by atoms with van der Waals surface area (Å²) >= 11 is 0. The third-order valence-corrected chi connectivity index (χ3v) is 4.59. The maximum atomic E-state index is 12.3. The van der Waals surface area contributed by atoms with Crippen molar-refractivity contribution in [3.05, 3.63) is 76.0 Å². The van der Waals surface area contributed by atoms with Crippen LogP contribution in [0.15, 0.2) is 53.3 Å². The number of H-pyrrole nitrogens is 1. The minimum Gasteiger partial charge on any atom is -0.457 e. The molecule has 0 saturated heterocycles. The summed E-state index contributed by atoms with van der Waals surface area (Å²) in [4.78, 5) is 23.5. The Kier molecular flexibility index (Phi) is 4.57. The number of aromatic nitrogens is 4. The summed E-state index contributed by atoms with van der Waals surface area (Å²) in [5.41, 5.74) is 8.82. The molecular weight excluding hydrogens is 354 g/mol. The topological polar surface area (TPSA) is 98.8 Å². The van der Waals surface area contributed by atoms with E-state index in [0.717, 1.165) is 23.5 Å². The summed E-state index contributed by atoms with van der Waals surface area (Å²) in [6.45, 7) is 4.24. The molecule has 7 nitrogen and oxygen atoms in total. The maximum Gasteiger partial charge on any atom is 0.328 e. The second-order valence-corrected chi connectivity index (χ2v) is 6.61. The molecule has 0 amide bonds. The lowest BCUT2D eigenvalue weighted by Crippen LogP contribution is -2.17. The highest BCUT2D eigenvalue weighted by Crippen LogP contribution is 2.23. The van der Waals surface area contributed by atoms with Crippen LogP contribution in [-0.2, 0) is 13.0 Å². The molecule has 3 N–H and O–H groups in total.